The second kappa shape index (κ2) is 12.5. The Balaban J connectivity index is 1.36. The normalized spacial score (nSPS) is 13.6. The van der Waals surface area contributed by atoms with E-state index in [1.807, 2.05) is 25.4 Å². The van der Waals surface area contributed by atoms with Crippen LogP contribution >= 0.6 is 18.7 Å². The first-order chi connectivity index (χ1) is 22.0. The summed E-state index contributed by atoms with van der Waals surface area (Å²) in [5, 5.41) is 21.1. The van der Waals surface area contributed by atoms with Gasteiger partial charge in [0.05, 0.1) is 41.7 Å². The van der Waals surface area contributed by atoms with Gasteiger partial charge in [-0.15, -0.1) is 0 Å². The van der Waals surface area contributed by atoms with Gasteiger partial charge in [0, 0.05) is 74.7 Å². The third-order valence-corrected chi connectivity index (χ3v) is 9.43. The summed E-state index contributed by atoms with van der Waals surface area (Å²) in [6, 6.07) is 7.44. The van der Waals surface area contributed by atoms with Crippen LogP contribution in [0.25, 0.3) is 22.2 Å². The Morgan fingerprint density at radius 1 is 1.02 bits per heavy atom. The molecule has 3 N–H and O–H groups in total. The number of fused-ring (bicyclic) bond motifs is 1. The van der Waals surface area contributed by atoms with E-state index < -0.39 is 13.2 Å². The van der Waals surface area contributed by atoms with Crippen LogP contribution in [0, 0.1) is 0 Å². The van der Waals surface area contributed by atoms with E-state index >= 15 is 0 Å². The summed E-state index contributed by atoms with van der Waals surface area (Å²) < 4.78 is 20.9. The van der Waals surface area contributed by atoms with Gasteiger partial charge in [-0.1, -0.05) is 11.6 Å². The van der Waals surface area contributed by atoms with Crippen molar-refractivity contribution in [1.29, 1.82) is 0 Å². The van der Waals surface area contributed by atoms with Crippen molar-refractivity contribution in [3.05, 3.63) is 60.3 Å². The van der Waals surface area contributed by atoms with Gasteiger partial charge in [0.15, 0.2) is 5.82 Å². The zero-order valence-electron chi connectivity index (χ0n) is 25.6. The van der Waals surface area contributed by atoms with Crippen LogP contribution in [0.5, 0.6) is 5.75 Å². The van der Waals surface area contributed by atoms with Gasteiger partial charge in [0.1, 0.15) is 23.4 Å². The molecule has 0 radical (unpaired) electrons. The number of nitrogens with zero attached hydrogens (tertiary/aromatic N) is 8. The molecule has 2 aromatic carbocycles. The van der Waals surface area contributed by atoms with Crippen LogP contribution in [0.4, 0.5) is 33.6 Å². The Labute approximate surface area is 269 Å². The number of rotatable bonds is 8. The summed E-state index contributed by atoms with van der Waals surface area (Å²) in [6.07, 6.45) is 7.39. The molecular weight excluding hydrogens is 631 g/mol. The highest BCUT2D eigenvalue weighted by molar-refractivity contribution is 7.71. The van der Waals surface area contributed by atoms with Crippen molar-refractivity contribution in [2.45, 2.75) is 0 Å². The minimum atomic E-state index is -2.82. The van der Waals surface area contributed by atoms with E-state index in [0.29, 0.717) is 65.5 Å². The molecule has 0 bridgehead atoms. The highest BCUT2D eigenvalue weighted by Crippen LogP contribution is 2.42. The first-order valence-corrected chi connectivity index (χ1v) is 17.3. The fraction of sp³-hybridized carbons (Fsp3) is 0.267. The van der Waals surface area contributed by atoms with E-state index in [9.17, 15) is 14.5 Å². The van der Waals surface area contributed by atoms with Crippen molar-refractivity contribution in [3.63, 3.8) is 0 Å². The number of ether oxygens (including phenoxy) is 1. The number of carboxylic acid groups (broad SMARTS) is 1. The molecule has 238 valence electrons. The zero-order valence-corrected chi connectivity index (χ0v) is 27.2. The maximum atomic E-state index is 13.4. The first kappa shape index (κ1) is 31.1. The molecule has 1 amide bonds. The van der Waals surface area contributed by atoms with Crippen molar-refractivity contribution in [3.8, 4) is 16.9 Å². The summed E-state index contributed by atoms with van der Waals surface area (Å²) in [4.78, 5) is 32.9. The van der Waals surface area contributed by atoms with Gasteiger partial charge in [0.25, 0.3) is 0 Å². The highest BCUT2D eigenvalue weighted by Gasteiger charge is 2.26. The van der Waals surface area contributed by atoms with Crippen molar-refractivity contribution in [2.75, 3.05) is 62.2 Å². The number of nitrogens with one attached hydrogen (secondary N) is 2. The molecule has 4 heterocycles. The third-order valence-electron chi connectivity index (χ3n) is 7.62. The fourth-order valence-electron chi connectivity index (χ4n) is 5.46. The maximum Gasteiger partial charge on any atom is 0.407 e. The van der Waals surface area contributed by atoms with Crippen molar-refractivity contribution in [2.24, 2.45) is 7.05 Å². The van der Waals surface area contributed by atoms with Gasteiger partial charge in [-0.2, -0.15) is 10.1 Å². The number of aromatic nitrogens is 6. The standard InChI is InChI=1S/C30H32ClN10O4P/c1-39-17-18(15-35-39)19-13-23(25(45-2)14-24(19)40-9-11-41(12-10-40)30(42)43)37-29-34-16-20(31)28(38-29)36-22-6-5-21-26(33-8-7-32-21)27(22)46(3,4)44/h5-8,13-17H,9-12H2,1-4H3,(H,42,43)(H2,34,36,37,38). The van der Waals surface area contributed by atoms with Gasteiger partial charge < -0.3 is 34.8 Å². The molecular formula is C30H32ClN10O4P. The van der Waals surface area contributed by atoms with Crippen molar-refractivity contribution >= 4 is 70.0 Å². The number of anilines is 5. The lowest BCUT2D eigenvalue weighted by molar-refractivity contribution is 0.142. The fourth-order valence-corrected chi connectivity index (χ4v) is 6.99. The summed E-state index contributed by atoms with van der Waals surface area (Å²) in [7, 11) is 0.603. The van der Waals surface area contributed by atoms with Crippen LogP contribution in [0.2, 0.25) is 5.02 Å². The van der Waals surface area contributed by atoms with E-state index in [1.165, 1.54) is 11.1 Å². The number of hydrogen-bond acceptors (Lipinski definition) is 11. The van der Waals surface area contributed by atoms with Gasteiger partial charge >= 0.3 is 6.09 Å². The lowest BCUT2D eigenvalue weighted by atomic mass is 10.0. The quantitative estimate of drug-likeness (QED) is 0.190. The predicted molar refractivity (Wildman–Crippen MR) is 179 cm³/mol. The number of amides is 1. The summed E-state index contributed by atoms with van der Waals surface area (Å²) >= 11 is 6.54. The molecule has 5 aromatic rings. The third kappa shape index (κ3) is 6.26. The molecule has 0 aliphatic carbocycles. The van der Waals surface area contributed by atoms with Crippen molar-refractivity contribution in [1.82, 2.24) is 34.6 Å². The minimum absolute atomic E-state index is 0.239. The van der Waals surface area contributed by atoms with Gasteiger partial charge in [0.2, 0.25) is 5.95 Å². The van der Waals surface area contributed by atoms with Crippen LogP contribution in [0.3, 0.4) is 0 Å². The van der Waals surface area contributed by atoms with Crippen LogP contribution in [0.1, 0.15) is 0 Å². The zero-order chi connectivity index (χ0) is 32.6. The largest absolute Gasteiger partial charge is 0.494 e. The summed E-state index contributed by atoms with van der Waals surface area (Å²) in [5.41, 5.74) is 4.95. The Morgan fingerprint density at radius 2 is 1.78 bits per heavy atom. The molecule has 0 saturated carbocycles. The van der Waals surface area contributed by atoms with Gasteiger partial charge in [-0.3, -0.25) is 14.6 Å². The second-order valence-electron chi connectivity index (χ2n) is 11.1. The number of hydrogen-bond donors (Lipinski definition) is 3. The first-order valence-electron chi connectivity index (χ1n) is 14.3. The monoisotopic (exact) mass is 662 g/mol. The smallest absolute Gasteiger partial charge is 0.407 e. The van der Waals surface area contributed by atoms with Crippen LogP contribution in [-0.2, 0) is 11.6 Å². The topological polar surface area (TPSA) is 164 Å². The molecule has 46 heavy (non-hydrogen) atoms. The highest BCUT2D eigenvalue weighted by atomic mass is 35.5. The Bertz CT molecular complexity index is 1990. The van der Waals surface area contributed by atoms with E-state index in [2.05, 4.69) is 40.6 Å². The van der Waals surface area contributed by atoms with E-state index in [0.717, 1.165) is 16.8 Å². The molecule has 0 unspecified atom stereocenters. The molecule has 16 heteroatoms. The Morgan fingerprint density at radius 3 is 2.46 bits per heavy atom. The summed E-state index contributed by atoms with van der Waals surface area (Å²) in [6.45, 7) is 5.17. The average molecular weight is 663 g/mol. The molecule has 1 saturated heterocycles. The minimum Gasteiger partial charge on any atom is -0.494 e. The van der Waals surface area contributed by atoms with E-state index in [1.54, 1.807) is 55.8 Å². The Kier molecular flexibility index (Phi) is 8.41. The molecule has 0 atom stereocenters. The number of halogens is 1. The van der Waals surface area contributed by atoms with Crippen molar-refractivity contribution < 1.29 is 19.2 Å². The molecule has 1 aliphatic rings. The maximum absolute atomic E-state index is 13.4. The molecule has 1 aliphatic heterocycles. The number of methoxy groups -OCH3 is 1. The SMILES string of the molecule is COc1cc(N2CCN(C(=O)O)CC2)c(-c2cnn(C)c2)cc1Nc1ncc(Cl)c(Nc2ccc3nccnc3c2P(C)(C)=O)n1. The average Bonchev–Trinajstić information content (AvgIpc) is 3.47. The second-order valence-corrected chi connectivity index (χ2v) is 14.7. The van der Waals surface area contributed by atoms with E-state index in [4.69, 9.17) is 16.3 Å². The molecule has 14 nitrogen and oxygen atoms in total. The Hall–Kier alpha value is -4.94. The van der Waals surface area contributed by atoms with E-state index in [-0.39, 0.29) is 11.0 Å². The predicted octanol–water partition coefficient (Wildman–Crippen LogP) is 5.02. The molecule has 3 aromatic heterocycles. The van der Waals surface area contributed by atoms with Crippen LogP contribution in [-0.4, -0.2) is 92.4 Å². The lowest BCUT2D eigenvalue weighted by Gasteiger charge is -2.36. The molecule has 6 rings (SSSR count). The number of piperazine rings is 1. The van der Waals surface area contributed by atoms with Crippen LogP contribution in [0.15, 0.2) is 55.2 Å². The molecule has 1 fully saturated rings. The molecule has 0 spiro atoms. The van der Waals surface area contributed by atoms with Crippen LogP contribution < -0.4 is 25.6 Å². The van der Waals surface area contributed by atoms with Gasteiger partial charge in [-0.25, -0.2) is 9.78 Å². The number of benzene rings is 2. The lowest BCUT2D eigenvalue weighted by Crippen LogP contribution is -2.48. The number of carbonyl (C=O) groups is 1. The number of aryl methyl sites for hydroxylation is 1. The van der Waals surface area contributed by atoms with Gasteiger partial charge in [-0.05, 0) is 31.5 Å². The summed E-state index contributed by atoms with van der Waals surface area (Å²) in [5.74, 6) is 1.07.